The maximum atomic E-state index is 13.3. The number of imide groups is 1. The Morgan fingerprint density at radius 2 is 1.05 bits per heavy atom. The van der Waals surface area contributed by atoms with Crippen molar-refractivity contribution in [1.29, 1.82) is 0 Å². The van der Waals surface area contributed by atoms with Gasteiger partial charge in [0.1, 0.15) is 6.04 Å². The van der Waals surface area contributed by atoms with Crippen LogP contribution in [0.3, 0.4) is 0 Å². The zero-order valence-electron chi connectivity index (χ0n) is 50.7. The molecule has 83 heavy (non-hydrogen) atoms. The van der Waals surface area contributed by atoms with E-state index >= 15 is 0 Å². The minimum atomic E-state index is -0.879. The lowest BCUT2D eigenvalue weighted by Crippen LogP contribution is -2.52. The summed E-state index contributed by atoms with van der Waals surface area (Å²) in [6.45, 7) is 20.8. The predicted molar refractivity (Wildman–Crippen MR) is 305 cm³/mol. The summed E-state index contributed by atoms with van der Waals surface area (Å²) < 4.78 is 65.4. The Morgan fingerprint density at radius 1 is 0.602 bits per heavy atom. The summed E-state index contributed by atoms with van der Waals surface area (Å²) in [5.41, 5.74) is 0. The largest absolute Gasteiger partial charge is 0.382 e. The lowest BCUT2D eigenvalue weighted by molar-refractivity contribution is -0.138. The second kappa shape index (κ2) is 52.9. The Hall–Kier alpha value is -4.58. The fraction of sp³-hybridized carbons (Fsp3) is 0.825. The minimum absolute atomic E-state index is 0.0174. The SMILES string of the molecule is CCCN1C(=O)C=CC1=O.CCOCCOCCC(=O)N(CCOCCOCCC(=O)NCCCCC(NC(=O)CCOCCOCCOCCOCCOCCOCCOCCOC)C(=O)NC(C(C)=O)C(C)C)C1CCN(C=O)CC1. The molecule has 7 amide bonds. The first-order chi connectivity index (χ1) is 40.3. The first-order valence-corrected chi connectivity index (χ1v) is 29.5. The molecule has 2 aliphatic rings. The van der Waals surface area contributed by atoms with Crippen molar-refractivity contribution in [2.75, 3.05) is 192 Å². The van der Waals surface area contributed by atoms with Gasteiger partial charge in [-0.3, -0.25) is 43.3 Å². The minimum Gasteiger partial charge on any atom is -0.382 e. The van der Waals surface area contributed by atoms with Crippen LogP contribution in [-0.4, -0.2) is 272 Å². The average molecular weight is 1190 g/mol. The molecule has 0 saturated carbocycles. The molecule has 0 aliphatic carbocycles. The molecule has 0 bridgehead atoms. The van der Waals surface area contributed by atoms with E-state index in [0.29, 0.717) is 190 Å². The van der Waals surface area contributed by atoms with Gasteiger partial charge in [0.2, 0.25) is 30.0 Å². The van der Waals surface area contributed by atoms with E-state index in [-0.39, 0.29) is 93.0 Å². The fourth-order valence-electron chi connectivity index (χ4n) is 8.05. The van der Waals surface area contributed by atoms with E-state index in [1.807, 2.05) is 32.6 Å². The number of nitrogens with one attached hydrogen (secondary N) is 3. The molecule has 2 heterocycles. The molecule has 0 spiro atoms. The number of piperidine rings is 1. The van der Waals surface area contributed by atoms with E-state index in [1.165, 1.54) is 24.0 Å². The number of hydrogen-bond acceptors (Lipinski definition) is 20. The molecule has 0 aromatic heterocycles. The highest BCUT2D eigenvalue weighted by Gasteiger charge is 2.29. The Balaban J connectivity index is 0.00000309. The monoisotopic (exact) mass is 1190 g/mol. The highest BCUT2D eigenvalue weighted by molar-refractivity contribution is 6.12. The Morgan fingerprint density at radius 3 is 1.49 bits per heavy atom. The summed E-state index contributed by atoms with van der Waals surface area (Å²) in [5.74, 6) is -1.71. The van der Waals surface area contributed by atoms with Gasteiger partial charge in [0.25, 0.3) is 11.8 Å². The van der Waals surface area contributed by atoms with E-state index in [0.717, 1.165) is 12.8 Å². The highest BCUT2D eigenvalue weighted by atomic mass is 16.6. The first kappa shape index (κ1) is 76.4. The van der Waals surface area contributed by atoms with Gasteiger partial charge in [0, 0.05) is 77.5 Å². The molecule has 26 nitrogen and oxygen atoms in total. The number of hydrogen-bond donors (Lipinski definition) is 3. The van der Waals surface area contributed by atoms with Crippen LogP contribution >= 0.6 is 0 Å². The summed E-state index contributed by atoms with van der Waals surface area (Å²) >= 11 is 0. The molecule has 2 atom stereocenters. The first-order valence-electron chi connectivity index (χ1n) is 29.5. The van der Waals surface area contributed by atoms with Crippen LogP contribution in [0.25, 0.3) is 0 Å². The molecule has 1 fully saturated rings. The van der Waals surface area contributed by atoms with Crippen LogP contribution in [0.1, 0.15) is 92.4 Å². The zero-order valence-corrected chi connectivity index (χ0v) is 50.7. The quantitative estimate of drug-likeness (QED) is 0.0439. The maximum Gasteiger partial charge on any atom is 0.253 e. The second-order valence-corrected chi connectivity index (χ2v) is 19.5. The number of carbonyl (C=O) groups is 8. The van der Waals surface area contributed by atoms with Gasteiger partial charge in [-0.15, -0.1) is 0 Å². The molecule has 2 unspecified atom stereocenters. The molecule has 2 rings (SSSR count). The van der Waals surface area contributed by atoms with Gasteiger partial charge < -0.3 is 82.6 Å². The second-order valence-electron chi connectivity index (χ2n) is 19.5. The number of ether oxygens (including phenoxy) is 12. The summed E-state index contributed by atoms with van der Waals surface area (Å²) in [6, 6.07) is -1.55. The molecule has 26 heteroatoms. The molecule has 0 aromatic carbocycles. The summed E-state index contributed by atoms with van der Waals surface area (Å²) in [7, 11) is 1.63. The van der Waals surface area contributed by atoms with Crippen LogP contribution in [0.2, 0.25) is 0 Å². The number of methoxy groups -OCH3 is 1. The van der Waals surface area contributed by atoms with Crippen molar-refractivity contribution in [2.45, 2.75) is 111 Å². The van der Waals surface area contributed by atoms with E-state index < -0.39 is 18.0 Å². The van der Waals surface area contributed by atoms with Gasteiger partial charge in [0.05, 0.1) is 158 Å². The number of rotatable bonds is 54. The lowest BCUT2D eigenvalue weighted by Gasteiger charge is -2.37. The molecular weight excluding hydrogens is 1090 g/mol. The number of carbonyl (C=O) groups excluding carboxylic acids is 8. The smallest absolute Gasteiger partial charge is 0.253 e. The van der Waals surface area contributed by atoms with Crippen LogP contribution in [0, 0.1) is 5.92 Å². The van der Waals surface area contributed by atoms with Crippen molar-refractivity contribution < 1.29 is 95.2 Å². The van der Waals surface area contributed by atoms with E-state index in [1.54, 1.807) is 12.0 Å². The Labute approximate surface area is 492 Å². The molecule has 0 aromatic rings. The van der Waals surface area contributed by atoms with Crippen LogP contribution in [0.5, 0.6) is 0 Å². The van der Waals surface area contributed by atoms with E-state index in [9.17, 15) is 38.4 Å². The van der Waals surface area contributed by atoms with Crippen molar-refractivity contribution in [3.8, 4) is 0 Å². The van der Waals surface area contributed by atoms with Gasteiger partial charge in [-0.05, 0) is 58.3 Å². The van der Waals surface area contributed by atoms with E-state index in [4.69, 9.17) is 56.8 Å². The molecule has 2 aliphatic heterocycles. The molecule has 0 radical (unpaired) electrons. The van der Waals surface area contributed by atoms with Crippen LogP contribution in [-0.2, 0) is 95.2 Å². The van der Waals surface area contributed by atoms with Crippen LogP contribution < -0.4 is 16.0 Å². The number of amides is 7. The molecule has 3 N–H and O–H groups in total. The molecule has 480 valence electrons. The Kier molecular flexibility index (Phi) is 48.7. The number of unbranched alkanes of at least 4 members (excludes halogenated alkanes) is 1. The van der Waals surface area contributed by atoms with Gasteiger partial charge in [-0.2, -0.15) is 0 Å². The van der Waals surface area contributed by atoms with Crippen molar-refractivity contribution >= 4 is 47.6 Å². The van der Waals surface area contributed by atoms with Crippen LogP contribution in [0.15, 0.2) is 12.2 Å². The van der Waals surface area contributed by atoms with Gasteiger partial charge >= 0.3 is 0 Å². The van der Waals surface area contributed by atoms with Gasteiger partial charge in [-0.25, -0.2) is 0 Å². The van der Waals surface area contributed by atoms with Gasteiger partial charge in [-0.1, -0.05) is 20.8 Å². The van der Waals surface area contributed by atoms with Crippen molar-refractivity contribution in [2.24, 2.45) is 5.92 Å². The normalized spacial score (nSPS) is 14.2. The van der Waals surface area contributed by atoms with Crippen LogP contribution in [0.4, 0.5) is 0 Å². The van der Waals surface area contributed by atoms with Gasteiger partial charge in [0.15, 0.2) is 5.78 Å². The number of ketones is 1. The standard InChI is InChI=1S/C50H93N5O18.C7H9NO2/c1-6-63-25-26-66-21-14-48(60)55(44-10-16-54(41-56)17-11-44)18-22-67-29-27-64-19-12-46(58)51-15-8-7-9-45(50(61)53-49(42(2)3)43(4)57)52-47(59)13-20-65-28-30-69-33-34-71-37-38-73-40-39-72-36-35-70-32-31-68-24-23-62-5;1-2-5-8-6(9)3-4-7(8)10/h41-42,44-45,49H,6-40H2,1-5H3,(H,51,58)(H,52,59)(H,53,61);3-4H,2,5H2,1H3. The summed E-state index contributed by atoms with van der Waals surface area (Å²) in [4.78, 5) is 102. The number of nitrogens with zero attached hydrogens (tertiary/aromatic N) is 3. The topological polar surface area (TPSA) is 293 Å². The third-order valence-corrected chi connectivity index (χ3v) is 12.5. The summed E-state index contributed by atoms with van der Waals surface area (Å²) in [6.07, 6.45) is 7.48. The van der Waals surface area contributed by atoms with Crippen molar-refractivity contribution in [3.05, 3.63) is 12.2 Å². The van der Waals surface area contributed by atoms with E-state index in [2.05, 4.69) is 16.0 Å². The Bertz CT molecular complexity index is 1740. The number of likely N-dealkylation sites (tertiary alicyclic amines) is 1. The fourth-order valence-corrected chi connectivity index (χ4v) is 8.05. The zero-order chi connectivity index (χ0) is 61.0. The third kappa shape index (κ3) is 41.2. The summed E-state index contributed by atoms with van der Waals surface area (Å²) in [5, 5.41) is 8.44. The molecule has 1 saturated heterocycles. The molecular formula is C57H102N6O20. The average Bonchev–Trinajstić information content (AvgIpc) is 3.98. The van der Waals surface area contributed by atoms with Crippen molar-refractivity contribution in [3.63, 3.8) is 0 Å². The third-order valence-electron chi connectivity index (χ3n) is 12.5. The maximum absolute atomic E-state index is 13.3. The highest BCUT2D eigenvalue weighted by Crippen LogP contribution is 2.17. The van der Waals surface area contributed by atoms with Crippen molar-refractivity contribution in [1.82, 2.24) is 30.7 Å². The number of Topliss-reactive ketones (excluding diaryl/α,β-unsaturated/α-hetero) is 1. The lowest BCUT2D eigenvalue weighted by atomic mass is 9.99. The predicted octanol–water partition coefficient (Wildman–Crippen LogP) is 1.28.